The van der Waals surface area contributed by atoms with E-state index < -0.39 is 0 Å². The SMILES string of the molecule is O=C(Cc1cccc2ccccc12)N(CCn1cnc(-c2c(Cl)cccc2-c2ccncc2)n1)C1CCCC1. The summed E-state index contributed by atoms with van der Waals surface area (Å²) in [5.74, 6) is 0.742. The van der Waals surface area contributed by atoms with Crippen LogP contribution in [0.1, 0.15) is 31.2 Å². The number of halogens is 1. The number of carbonyl (C=O) groups excluding carboxylic acids is 1. The van der Waals surface area contributed by atoms with Gasteiger partial charge in [-0.1, -0.05) is 79.0 Å². The molecule has 0 spiro atoms. The number of hydrogen-bond acceptors (Lipinski definition) is 4. The third-order valence-electron chi connectivity index (χ3n) is 7.64. The zero-order valence-electron chi connectivity index (χ0n) is 21.7. The molecule has 2 aromatic heterocycles. The minimum atomic E-state index is 0.171. The zero-order chi connectivity index (χ0) is 26.6. The molecule has 6 rings (SSSR count). The van der Waals surface area contributed by atoms with E-state index in [1.165, 1.54) is 12.8 Å². The van der Waals surface area contributed by atoms with Crippen LogP contribution >= 0.6 is 11.6 Å². The molecule has 1 amide bonds. The van der Waals surface area contributed by atoms with E-state index >= 15 is 0 Å². The Hall–Kier alpha value is -4.03. The number of benzene rings is 3. The fraction of sp³-hybridized carbons (Fsp3) is 0.250. The van der Waals surface area contributed by atoms with Gasteiger partial charge in [-0.15, -0.1) is 0 Å². The molecule has 3 aromatic carbocycles. The standard InChI is InChI=1S/C32H30ClN5O/c33-29-14-6-13-28(24-15-17-34-18-16-24)31(29)32-35-22-37(36-32)19-20-38(26-10-2-3-11-26)30(39)21-25-9-5-8-23-7-1-4-12-27(23)25/h1,4-9,12-18,22,26H,2-3,10-11,19-21H2. The third kappa shape index (κ3) is 5.43. The van der Waals surface area contributed by atoms with Crippen molar-refractivity contribution in [3.8, 4) is 22.5 Å². The lowest BCUT2D eigenvalue weighted by Gasteiger charge is -2.29. The number of fused-ring (bicyclic) bond motifs is 1. The molecule has 0 aliphatic heterocycles. The van der Waals surface area contributed by atoms with Crippen molar-refractivity contribution in [1.29, 1.82) is 0 Å². The quantitative estimate of drug-likeness (QED) is 0.218. The van der Waals surface area contributed by atoms with Crippen molar-refractivity contribution < 1.29 is 4.79 Å². The predicted octanol–water partition coefficient (Wildman–Crippen LogP) is 6.83. The molecule has 0 saturated heterocycles. The van der Waals surface area contributed by atoms with Crippen molar-refractivity contribution in [2.24, 2.45) is 0 Å². The zero-order valence-corrected chi connectivity index (χ0v) is 22.5. The fourth-order valence-electron chi connectivity index (χ4n) is 5.69. The minimum Gasteiger partial charge on any atom is -0.338 e. The molecule has 1 aliphatic rings. The van der Waals surface area contributed by atoms with E-state index in [0.29, 0.717) is 30.4 Å². The molecular weight excluding hydrogens is 506 g/mol. The molecule has 1 aliphatic carbocycles. The van der Waals surface area contributed by atoms with E-state index in [1.807, 2.05) is 53.2 Å². The summed E-state index contributed by atoms with van der Waals surface area (Å²) >= 11 is 6.64. The first kappa shape index (κ1) is 25.3. The lowest BCUT2D eigenvalue weighted by molar-refractivity contribution is -0.132. The van der Waals surface area contributed by atoms with Gasteiger partial charge in [0.25, 0.3) is 0 Å². The molecule has 5 aromatic rings. The van der Waals surface area contributed by atoms with Crippen molar-refractivity contribution in [2.45, 2.75) is 44.7 Å². The number of amides is 1. The summed E-state index contributed by atoms with van der Waals surface area (Å²) < 4.78 is 1.82. The maximum atomic E-state index is 13.7. The van der Waals surface area contributed by atoms with Gasteiger partial charge in [0, 0.05) is 30.5 Å². The maximum Gasteiger partial charge on any atom is 0.227 e. The highest BCUT2D eigenvalue weighted by atomic mass is 35.5. The van der Waals surface area contributed by atoms with Gasteiger partial charge >= 0.3 is 0 Å². The van der Waals surface area contributed by atoms with Crippen LogP contribution in [-0.4, -0.2) is 43.1 Å². The van der Waals surface area contributed by atoms with Crippen LogP contribution in [0, 0.1) is 0 Å². The molecule has 7 heteroatoms. The molecule has 1 saturated carbocycles. The van der Waals surface area contributed by atoms with E-state index in [-0.39, 0.29) is 11.9 Å². The van der Waals surface area contributed by atoms with Crippen LogP contribution in [0.25, 0.3) is 33.3 Å². The number of carbonyl (C=O) groups is 1. The molecule has 6 nitrogen and oxygen atoms in total. The largest absolute Gasteiger partial charge is 0.338 e. The predicted molar refractivity (Wildman–Crippen MR) is 155 cm³/mol. The average Bonchev–Trinajstić information content (AvgIpc) is 3.67. The van der Waals surface area contributed by atoms with Crippen molar-refractivity contribution in [2.75, 3.05) is 6.54 Å². The highest BCUT2D eigenvalue weighted by molar-refractivity contribution is 6.34. The van der Waals surface area contributed by atoms with Gasteiger partial charge in [-0.25, -0.2) is 4.98 Å². The van der Waals surface area contributed by atoms with Gasteiger partial charge in [0.05, 0.1) is 18.0 Å². The van der Waals surface area contributed by atoms with Gasteiger partial charge in [0.15, 0.2) is 5.82 Å². The van der Waals surface area contributed by atoms with Crippen LogP contribution in [0.4, 0.5) is 0 Å². The van der Waals surface area contributed by atoms with Gasteiger partial charge in [0.1, 0.15) is 6.33 Å². The van der Waals surface area contributed by atoms with Crippen molar-refractivity contribution in [3.63, 3.8) is 0 Å². The van der Waals surface area contributed by atoms with Crippen LogP contribution in [0.3, 0.4) is 0 Å². The lowest BCUT2D eigenvalue weighted by Crippen LogP contribution is -2.41. The van der Waals surface area contributed by atoms with Gasteiger partial charge in [0.2, 0.25) is 5.91 Å². The van der Waals surface area contributed by atoms with E-state index in [9.17, 15) is 4.79 Å². The Morgan fingerprint density at radius 2 is 1.72 bits per heavy atom. The highest BCUT2D eigenvalue weighted by Gasteiger charge is 2.27. The van der Waals surface area contributed by atoms with Crippen LogP contribution < -0.4 is 0 Å². The molecule has 1 fully saturated rings. The Labute approximate surface area is 233 Å². The Morgan fingerprint density at radius 3 is 2.56 bits per heavy atom. The lowest BCUT2D eigenvalue weighted by atomic mass is 10.0. The van der Waals surface area contributed by atoms with Gasteiger partial charge in [-0.05, 0) is 58.5 Å². The summed E-state index contributed by atoms with van der Waals surface area (Å²) in [6, 6.07) is 24.5. The van der Waals surface area contributed by atoms with Crippen LogP contribution in [-0.2, 0) is 17.8 Å². The second-order valence-electron chi connectivity index (χ2n) is 10.1. The minimum absolute atomic E-state index is 0.171. The molecule has 0 bridgehead atoms. The molecule has 196 valence electrons. The van der Waals surface area contributed by atoms with E-state index in [1.54, 1.807) is 18.7 Å². The van der Waals surface area contributed by atoms with Gasteiger partial charge in [-0.3, -0.25) is 14.5 Å². The summed E-state index contributed by atoms with van der Waals surface area (Å²) in [4.78, 5) is 24.5. The van der Waals surface area contributed by atoms with Gasteiger partial charge in [-0.2, -0.15) is 5.10 Å². The number of aromatic nitrogens is 4. The second kappa shape index (κ2) is 11.4. The van der Waals surface area contributed by atoms with E-state index in [0.717, 1.165) is 45.9 Å². The van der Waals surface area contributed by atoms with Gasteiger partial charge < -0.3 is 4.90 Å². The normalized spacial score (nSPS) is 13.7. The Bertz CT molecular complexity index is 1590. The Balaban J connectivity index is 1.22. The first-order valence-electron chi connectivity index (χ1n) is 13.5. The summed E-state index contributed by atoms with van der Waals surface area (Å²) in [6.45, 7) is 1.16. The van der Waals surface area contributed by atoms with Crippen molar-refractivity contribution in [1.82, 2.24) is 24.6 Å². The molecular formula is C32H30ClN5O. The van der Waals surface area contributed by atoms with Crippen molar-refractivity contribution in [3.05, 3.63) is 102 Å². The number of rotatable bonds is 8. The Kier molecular flexibility index (Phi) is 7.37. The van der Waals surface area contributed by atoms with E-state index in [4.69, 9.17) is 16.7 Å². The average molecular weight is 536 g/mol. The smallest absolute Gasteiger partial charge is 0.227 e. The molecule has 0 N–H and O–H groups in total. The van der Waals surface area contributed by atoms with Crippen LogP contribution in [0.5, 0.6) is 0 Å². The summed E-state index contributed by atoms with van der Waals surface area (Å²) in [5.41, 5.74) is 3.83. The van der Waals surface area contributed by atoms with Crippen molar-refractivity contribution >= 4 is 28.3 Å². The molecule has 39 heavy (non-hydrogen) atoms. The molecule has 0 radical (unpaired) electrons. The Morgan fingerprint density at radius 1 is 0.949 bits per heavy atom. The monoisotopic (exact) mass is 535 g/mol. The summed E-state index contributed by atoms with van der Waals surface area (Å²) in [5, 5.41) is 7.68. The fourth-order valence-corrected chi connectivity index (χ4v) is 5.95. The van der Waals surface area contributed by atoms with Crippen LogP contribution in [0.2, 0.25) is 5.02 Å². The summed E-state index contributed by atoms with van der Waals surface area (Å²) in [7, 11) is 0. The first-order chi connectivity index (χ1) is 19.2. The highest BCUT2D eigenvalue weighted by Crippen LogP contribution is 2.35. The molecule has 0 unspecified atom stereocenters. The number of nitrogens with zero attached hydrogens (tertiary/aromatic N) is 5. The molecule has 2 heterocycles. The second-order valence-corrected chi connectivity index (χ2v) is 10.5. The summed E-state index contributed by atoms with van der Waals surface area (Å²) in [6.07, 6.45) is 10.1. The molecule has 0 atom stereocenters. The topological polar surface area (TPSA) is 63.9 Å². The maximum absolute atomic E-state index is 13.7. The van der Waals surface area contributed by atoms with E-state index in [2.05, 4.69) is 39.1 Å². The number of hydrogen-bond donors (Lipinski definition) is 0. The first-order valence-corrected chi connectivity index (χ1v) is 13.9. The number of pyridine rings is 1. The third-order valence-corrected chi connectivity index (χ3v) is 7.96. The van der Waals surface area contributed by atoms with Crippen LogP contribution in [0.15, 0.2) is 91.5 Å².